The predicted molar refractivity (Wildman–Crippen MR) is 127 cm³/mol. The van der Waals surface area contributed by atoms with Gasteiger partial charge in [-0.3, -0.25) is 14.5 Å². The first-order valence-electron chi connectivity index (χ1n) is 12.2. The summed E-state index contributed by atoms with van der Waals surface area (Å²) in [5, 5.41) is 0. The van der Waals surface area contributed by atoms with Crippen molar-refractivity contribution in [3.05, 3.63) is 71.8 Å². The van der Waals surface area contributed by atoms with Crippen molar-refractivity contribution in [1.82, 2.24) is 14.7 Å². The second-order valence-corrected chi connectivity index (χ2v) is 9.40. The summed E-state index contributed by atoms with van der Waals surface area (Å²) < 4.78 is 5.39. The zero-order valence-electron chi connectivity index (χ0n) is 19.3. The number of piperidine rings is 2. The van der Waals surface area contributed by atoms with Crippen molar-refractivity contribution in [3.8, 4) is 0 Å². The van der Waals surface area contributed by atoms with E-state index in [-0.39, 0.29) is 35.9 Å². The van der Waals surface area contributed by atoms with E-state index in [0.717, 1.165) is 18.4 Å². The summed E-state index contributed by atoms with van der Waals surface area (Å²) in [6.07, 6.45) is 2.66. The van der Waals surface area contributed by atoms with Crippen molar-refractivity contribution in [2.45, 2.75) is 37.8 Å². The Balaban J connectivity index is 1.14. The van der Waals surface area contributed by atoms with Gasteiger partial charge in [0.1, 0.15) is 6.61 Å². The zero-order chi connectivity index (χ0) is 23.5. The summed E-state index contributed by atoms with van der Waals surface area (Å²) in [7, 11) is 0. The van der Waals surface area contributed by atoms with E-state index in [1.54, 1.807) is 0 Å². The van der Waals surface area contributed by atoms with Gasteiger partial charge in [0.25, 0.3) is 5.91 Å². The van der Waals surface area contributed by atoms with Crippen LogP contribution in [0.1, 0.15) is 47.6 Å². The standard InChI is InChI=1S/C27H31N3O4/c31-25(21-9-5-2-6-10-21)28-15-11-22(12-16-28)26(32)29-17-13-23(14-18-29)30-24(19-34-27(30)33)20-7-3-1-4-8-20/h1-10,22-24H,11-19H2/t24-/m0/s1. The van der Waals surface area contributed by atoms with Crippen LogP contribution in [0.4, 0.5) is 4.79 Å². The highest BCUT2D eigenvalue weighted by molar-refractivity contribution is 5.94. The molecule has 0 bridgehead atoms. The van der Waals surface area contributed by atoms with Crippen molar-refractivity contribution in [2.24, 2.45) is 5.92 Å². The highest BCUT2D eigenvalue weighted by Crippen LogP contribution is 2.33. The molecule has 2 aromatic carbocycles. The SMILES string of the molecule is O=C(c1ccccc1)N1CCC(C(=O)N2CCC(N3C(=O)OC[C@H]3c3ccccc3)CC2)CC1. The van der Waals surface area contributed by atoms with Gasteiger partial charge in [0, 0.05) is 43.7 Å². The monoisotopic (exact) mass is 461 g/mol. The fraction of sp³-hybridized carbons (Fsp3) is 0.444. The smallest absolute Gasteiger partial charge is 0.410 e. The van der Waals surface area contributed by atoms with Gasteiger partial charge in [-0.2, -0.15) is 0 Å². The Morgan fingerprint density at radius 2 is 1.35 bits per heavy atom. The fourth-order valence-electron chi connectivity index (χ4n) is 5.48. The minimum absolute atomic E-state index is 0.0369. The molecule has 0 spiro atoms. The number of rotatable bonds is 4. The minimum Gasteiger partial charge on any atom is -0.447 e. The van der Waals surface area contributed by atoms with Gasteiger partial charge >= 0.3 is 6.09 Å². The molecule has 1 atom stereocenters. The molecule has 34 heavy (non-hydrogen) atoms. The molecule has 178 valence electrons. The zero-order valence-corrected chi connectivity index (χ0v) is 19.3. The molecule has 3 aliphatic rings. The van der Waals surface area contributed by atoms with Crippen LogP contribution in [0.2, 0.25) is 0 Å². The maximum absolute atomic E-state index is 13.2. The van der Waals surface area contributed by atoms with Crippen LogP contribution in [-0.4, -0.2) is 71.4 Å². The average molecular weight is 462 g/mol. The third-order valence-electron chi connectivity index (χ3n) is 7.42. The summed E-state index contributed by atoms with van der Waals surface area (Å²) >= 11 is 0. The van der Waals surface area contributed by atoms with Gasteiger partial charge in [-0.1, -0.05) is 48.5 Å². The minimum atomic E-state index is -0.255. The first kappa shape index (κ1) is 22.4. The second-order valence-electron chi connectivity index (χ2n) is 9.40. The van der Waals surface area contributed by atoms with E-state index < -0.39 is 0 Å². The molecule has 0 unspecified atom stereocenters. The lowest BCUT2D eigenvalue weighted by molar-refractivity contribution is -0.138. The summed E-state index contributed by atoms with van der Waals surface area (Å²) in [5.74, 6) is 0.192. The van der Waals surface area contributed by atoms with Gasteiger partial charge in [0.15, 0.2) is 0 Å². The average Bonchev–Trinajstić information content (AvgIpc) is 3.30. The number of ether oxygens (including phenoxy) is 1. The maximum atomic E-state index is 13.2. The van der Waals surface area contributed by atoms with Gasteiger partial charge in [-0.25, -0.2) is 4.79 Å². The molecule has 0 saturated carbocycles. The molecule has 2 aromatic rings. The lowest BCUT2D eigenvalue weighted by Gasteiger charge is -2.40. The molecular formula is C27H31N3O4. The van der Waals surface area contributed by atoms with Gasteiger partial charge < -0.3 is 14.5 Å². The first-order chi connectivity index (χ1) is 16.6. The van der Waals surface area contributed by atoms with Crippen molar-refractivity contribution in [2.75, 3.05) is 32.8 Å². The molecular weight excluding hydrogens is 430 g/mol. The highest BCUT2D eigenvalue weighted by atomic mass is 16.6. The molecule has 3 saturated heterocycles. The number of likely N-dealkylation sites (tertiary alicyclic amines) is 2. The van der Waals surface area contributed by atoms with E-state index in [0.29, 0.717) is 51.2 Å². The molecule has 0 radical (unpaired) electrons. The van der Waals surface area contributed by atoms with Gasteiger partial charge in [0.2, 0.25) is 5.91 Å². The number of benzene rings is 2. The summed E-state index contributed by atoms with van der Waals surface area (Å²) in [6, 6.07) is 19.3. The van der Waals surface area contributed by atoms with Crippen LogP contribution in [-0.2, 0) is 9.53 Å². The van der Waals surface area contributed by atoms with Crippen LogP contribution in [0.15, 0.2) is 60.7 Å². The van der Waals surface area contributed by atoms with Crippen LogP contribution >= 0.6 is 0 Å². The van der Waals surface area contributed by atoms with E-state index in [4.69, 9.17) is 4.74 Å². The lowest BCUT2D eigenvalue weighted by Crippen LogP contribution is -2.50. The summed E-state index contributed by atoms with van der Waals surface area (Å²) in [6.45, 7) is 2.90. The molecule has 7 heteroatoms. The normalized spacial score (nSPS) is 22.1. The number of hydrogen-bond donors (Lipinski definition) is 0. The van der Waals surface area contributed by atoms with E-state index in [9.17, 15) is 14.4 Å². The summed E-state index contributed by atoms with van der Waals surface area (Å²) in [4.78, 5) is 44.1. The molecule has 3 heterocycles. The van der Waals surface area contributed by atoms with E-state index in [2.05, 4.69) is 0 Å². The largest absolute Gasteiger partial charge is 0.447 e. The van der Waals surface area contributed by atoms with Crippen LogP contribution in [0, 0.1) is 5.92 Å². The van der Waals surface area contributed by atoms with E-state index >= 15 is 0 Å². The van der Waals surface area contributed by atoms with Gasteiger partial charge in [0.05, 0.1) is 6.04 Å². The molecule has 0 aliphatic carbocycles. The Labute approximate surface area is 200 Å². The molecule has 0 N–H and O–H groups in total. The number of cyclic esters (lactones) is 1. The Morgan fingerprint density at radius 3 is 2.00 bits per heavy atom. The molecule has 5 rings (SSSR count). The van der Waals surface area contributed by atoms with Crippen LogP contribution in [0.25, 0.3) is 0 Å². The number of nitrogens with zero attached hydrogens (tertiary/aromatic N) is 3. The Morgan fingerprint density at radius 1 is 0.765 bits per heavy atom. The first-order valence-corrected chi connectivity index (χ1v) is 12.2. The Bertz CT molecular complexity index is 1010. The Hall–Kier alpha value is -3.35. The second kappa shape index (κ2) is 9.87. The molecule has 3 aliphatic heterocycles. The van der Waals surface area contributed by atoms with Crippen molar-refractivity contribution in [1.29, 1.82) is 0 Å². The lowest BCUT2D eigenvalue weighted by atomic mass is 9.93. The number of hydrogen-bond acceptors (Lipinski definition) is 4. The van der Waals surface area contributed by atoms with E-state index in [1.165, 1.54) is 0 Å². The number of carbonyl (C=O) groups is 3. The van der Waals surface area contributed by atoms with Crippen molar-refractivity contribution < 1.29 is 19.1 Å². The van der Waals surface area contributed by atoms with Crippen LogP contribution in [0.5, 0.6) is 0 Å². The third kappa shape index (κ3) is 4.52. The van der Waals surface area contributed by atoms with Crippen LogP contribution < -0.4 is 0 Å². The molecule has 3 fully saturated rings. The highest BCUT2D eigenvalue weighted by Gasteiger charge is 2.41. The van der Waals surface area contributed by atoms with Crippen molar-refractivity contribution >= 4 is 17.9 Å². The third-order valence-corrected chi connectivity index (χ3v) is 7.42. The topological polar surface area (TPSA) is 70.2 Å². The molecule has 0 aromatic heterocycles. The van der Waals surface area contributed by atoms with Crippen molar-refractivity contribution in [3.63, 3.8) is 0 Å². The number of amides is 3. The van der Waals surface area contributed by atoms with Gasteiger partial charge in [-0.05, 0) is 43.4 Å². The van der Waals surface area contributed by atoms with Crippen LogP contribution in [0.3, 0.4) is 0 Å². The fourth-order valence-corrected chi connectivity index (χ4v) is 5.48. The van der Waals surface area contributed by atoms with Gasteiger partial charge in [-0.15, -0.1) is 0 Å². The number of carbonyl (C=O) groups excluding carboxylic acids is 3. The predicted octanol–water partition coefficient (Wildman–Crippen LogP) is 3.72. The molecule has 3 amide bonds. The summed E-state index contributed by atoms with van der Waals surface area (Å²) in [5.41, 5.74) is 1.78. The van der Waals surface area contributed by atoms with E-state index in [1.807, 2.05) is 75.4 Å². The Kier molecular flexibility index (Phi) is 6.52. The maximum Gasteiger partial charge on any atom is 0.410 e. The quantitative estimate of drug-likeness (QED) is 0.696. The molecule has 7 nitrogen and oxygen atoms in total.